The van der Waals surface area contributed by atoms with E-state index in [1.807, 2.05) is 13.8 Å². The van der Waals surface area contributed by atoms with Gasteiger partial charge in [0.1, 0.15) is 0 Å². The molecule has 0 aliphatic rings. The molecule has 5 heteroatoms. The van der Waals surface area contributed by atoms with Crippen LogP contribution in [0.4, 0.5) is 0 Å². The van der Waals surface area contributed by atoms with Crippen molar-refractivity contribution in [3.05, 3.63) is 11.7 Å². The lowest BCUT2D eigenvalue weighted by Gasteiger charge is -2.05. The molecule has 1 rings (SSSR count). The summed E-state index contributed by atoms with van der Waals surface area (Å²) in [6.45, 7) is 6.00. The molecule has 0 aliphatic heterocycles. The van der Waals surface area contributed by atoms with E-state index in [-0.39, 0.29) is 11.8 Å². The van der Waals surface area contributed by atoms with E-state index in [0.29, 0.717) is 24.7 Å². The lowest BCUT2D eigenvalue weighted by molar-refractivity contribution is -0.123. The Balaban J connectivity index is 2.25. The second-order valence-electron chi connectivity index (χ2n) is 3.43. The molecule has 1 N–H and O–H groups in total. The maximum atomic E-state index is 11.2. The summed E-state index contributed by atoms with van der Waals surface area (Å²) in [6, 6.07) is 0. The molecule has 5 nitrogen and oxygen atoms in total. The summed E-state index contributed by atoms with van der Waals surface area (Å²) < 4.78 is 4.80. The molecule has 1 aromatic heterocycles. The van der Waals surface area contributed by atoms with Crippen molar-refractivity contribution in [2.45, 2.75) is 27.2 Å². The van der Waals surface area contributed by atoms with Crippen molar-refractivity contribution in [3.63, 3.8) is 0 Å². The Bertz CT molecular complexity index is 307. The van der Waals surface area contributed by atoms with Crippen LogP contribution in [0.3, 0.4) is 0 Å². The van der Waals surface area contributed by atoms with Crippen molar-refractivity contribution in [3.8, 4) is 0 Å². The van der Waals surface area contributed by atoms with Crippen LogP contribution < -0.4 is 5.32 Å². The first-order valence-electron chi connectivity index (χ1n) is 4.66. The van der Waals surface area contributed by atoms with Gasteiger partial charge in [-0.1, -0.05) is 19.0 Å². The molecule has 0 saturated carbocycles. The molecule has 0 aliphatic carbocycles. The lowest BCUT2D eigenvalue weighted by atomic mass is 10.2. The van der Waals surface area contributed by atoms with E-state index >= 15 is 0 Å². The van der Waals surface area contributed by atoms with Gasteiger partial charge in [-0.3, -0.25) is 4.79 Å². The number of hydrogen-bond acceptors (Lipinski definition) is 4. The maximum Gasteiger partial charge on any atom is 0.223 e. The number of rotatable bonds is 4. The Morgan fingerprint density at radius 1 is 1.57 bits per heavy atom. The van der Waals surface area contributed by atoms with E-state index in [9.17, 15) is 4.79 Å². The number of nitrogens with zero attached hydrogens (tertiary/aromatic N) is 2. The summed E-state index contributed by atoms with van der Waals surface area (Å²) >= 11 is 0. The molecule has 0 unspecified atom stereocenters. The highest BCUT2D eigenvalue weighted by Crippen LogP contribution is 1.95. The SMILES string of the molecule is Cc1nc(CCNC(=O)C(C)C)no1. The monoisotopic (exact) mass is 197 g/mol. The lowest BCUT2D eigenvalue weighted by Crippen LogP contribution is -2.29. The zero-order chi connectivity index (χ0) is 10.6. The summed E-state index contributed by atoms with van der Waals surface area (Å²) in [4.78, 5) is 15.2. The zero-order valence-corrected chi connectivity index (χ0v) is 8.70. The van der Waals surface area contributed by atoms with Gasteiger partial charge in [-0.2, -0.15) is 4.98 Å². The molecular weight excluding hydrogens is 182 g/mol. The zero-order valence-electron chi connectivity index (χ0n) is 8.70. The van der Waals surface area contributed by atoms with Crippen LogP contribution in [0.5, 0.6) is 0 Å². The smallest absolute Gasteiger partial charge is 0.223 e. The molecule has 78 valence electrons. The Morgan fingerprint density at radius 2 is 2.29 bits per heavy atom. The van der Waals surface area contributed by atoms with Gasteiger partial charge in [0.05, 0.1) is 0 Å². The van der Waals surface area contributed by atoms with E-state index in [0.717, 1.165) is 0 Å². The Hall–Kier alpha value is -1.39. The van der Waals surface area contributed by atoms with Crippen LogP contribution in [0.2, 0.25) is 0 Å². The van der Waals surface area contributed by atoms with Crippen LogP contribution >= 0.6 is 0 Å². The van der Waals surface area contributed by atoms with Crippen LogP contribution in [-0.4, -0.2) is 22.6 Å². The predicted molar refractivity (Wildman–Crippen MR) is 50.6 cm³/mol. The van der Waals surface area contributed by atoms with E-state index < -0.39 is 0 Å². The average molecular weight is 197 g/mol. The molecule has 0 fully saturated rings. The predicted octanol–water partition coefficient (Wildman–Crippen LogP) is 0.693. The van der Waals surface area contributed by atoms with Gasteiger partial charge >= 0.3 is 0 Å². The fourth-order valence-corrected chi connectivity index (χ4v) is 0.944. The molecule has 1 heterocycles. The minimum atomic E-state index is 0.0157. The average Bonchev–Trinajstić information content (AvgIpc) is 2.51. The first kappa shape index (κ1) is 10.7. The van der Waals surface area contributed by atoms with Gasteiger partial charge in [0, 0.05) is 25.8 Å². The molecule has 1 aromatic rings. The molecule has 0 aromatic carbocycles. The van der Waals surface area contributed by atoms with Gasteiger partial charge in [0.25, 0.3) is 0 Å². The van der Waals surface area contributed by atoms with Crippen molar-refractivity contribution in [2.24, 2.45) is 5.92 Å². The van der Waals surface area contributed by atoms with Crippen molar-refractivity contribution < 1.29 is 9.32 Å². The van der Waals surface area contributed by atoms with Gasteiger partial charge in [-0.15, -0.1) is 0 Å². The summed E-state index contributed by atoms with van der Waals surface area (Å²) in [5.74, 6) is 1.24. The Kier molecular flexibility index (Phi) is 3.62. The standard InChI is InChI=1S/C9H15N3O2/c1-6(2)9(13)10-5-4-8-11-7(3)14-12-8/h6H,4-5H2,1-3H3,(H,10,13). The third-order valence-electron chi connectivity index (χ3n) is 1.74. The number of carbonyl (C=O) groups is 1. The fraction of sp³-hybridized carbons (Fsp3) is 0.667. The van der Waals surface area contributed by atoms with Crippen LogP contribution in [0, 0.1) is 12.8 Å². The largest absolute Gasteiger partial charge is 0.355 e. The normalized spacial score (nSPS) is 10.6. The van der Waals surface area contributed by atoms with Crippen LogP contribution in [0.25, 0.3) is 0 Å². The topological polar surface area (TPSA) is 68.0 Å². The molecule has 0 atom stereocenters. The summed E-state index contributed by atoms with van der Waals surface area (Å²) in [5.41, 5.74) is 0. The van der Waals surface area contributed by atoms with E-state index in [4.69, 9.17) is 4.52 Å². The van der Waals surface area contributed by atoms with Crippen molar-refractivity contribution in [1.82, 2.24) is 15.5 Å². The third kappa shape index (κ3) is 3.16. The molecule has 0 saturated heterocycles. The molecule has 1 amide bonds. The Morgan fingerprint density at radius 3 is 2.79 bits per heavy atom. The second-order valence-corrected chi connectivity index (χ2v) is 3.43. The van der Waals surface area contributed by atoms with Crippen molar-refractivity contribution in [2.75, 3.05) is 6.54 Å². The summed E-state index contributed by atoms with van der Waals surface area (Å²) in [6.07, 6.45) is 0.607. The number of amides is 1. The highest BCUT2D eigenvalue weighted by molar-refractivity contribution is 5.77. The van der Waals surface area contributed by atoms with Crippen molar-refractivity contribution in [1.29, 1.82) is 0 Å². The van der Waals surface area contributed by atoms with Gasteiger partial charge < -0.3 is 9.84 Å². The first-order valence-corrected chi connectivity index (χ1v) is 4.66. The Labute approximate surface area is 82.9 Å². The van der Waals surface area contributed by atoms with E-state index in [2.05, 4.69) is 15.5 Å². The van der Waals surface area contributed by atoms with Gasteiger partial charge in [-0.05, 0) is 0 Å². The highest BCUT2D eigenvalue weighted by atomic mass is 16.5. The molecular formula is C9H15N3O2. The summed E-state index contributed by atoms with van der Waals surface area (Å²) in [5, 5.41) is 6.50. The van der Waals surface area contributed by atoms with Crippen LogP contribution in [-0.2, 0) is 11.2 Å². The van der Waals surface area contributed by atoms with E-state index in [1.165, 1.54) is 0 Å². The van der Waals surface area contributed by atoms with Gasteiger partial charge in [0.15, 0.2) is 5.82 Å². The molecule has 0 spiro atoms. The fourth-order valence-electron chi connectivity index (χ4n) is 0.944. The third-order valence-corrected chi connectivity index (χ3v) is 1.74. The minimum Gasteiger partial charge on any atom is -0.355 e. The highest BCUT2D eigenvalue weighted by Gasteiger charge is 2.06. The van der Waals surface area contributed by atoms with Gasteiger partial charge in [-0.25, -0.2) is 0 Å². The maximum absolute atomic E-state index is 11.2. The molecule has 0 bridgehead atoms. The van der Waals surface area contributed by atoms with Crippen LogP contribution in [0.15, 0.2) is 4.52 Å². The summed E-state index contributed by atoms with van der Waals surface area (Å²) in [7, 11) is 0. The molecule has 0 radical (unpaired) electrons. The number of nitrogens with one attached hydrogen (secondary N) is 1. The van der Waals surface area contributed by atoms with E-state index in [1.54, 1.807) is 6.92 Å². The van der Waals surface area contributed by atoms with Gasteiger partial charge in [0.2, 0.25) is 11.8 Å². The number of carbonyl (C=O) groups excluding carboxylic acids is 1. The number of hydrogen-bond donors (Lipinski definition) is 1. The van der Waals surface area contributed by atoms with Crippen molar-refractivity contribution >= 4 is 5.91 Å². The number of aryl methyl sites for hydroxylation is 1. The first-order chi connectivity index (χ1) is 6.59. The number of aromatic nitrogens is 2. The van der Waals surface area contributed by atoms with Crippen LogP contribution in [0.1, 0.15) is 25.6 Å². The quantitative estimate of drug-likeness (QED) is 0.771. The second kappa shape index (κ2) is 4.74. The molecule has 14 heavy (non-hydrogen) atoms. The minimum absolute atomic E-state index is 0.0157.